The van der Waals surface area contributed by atoms with Crippen LogP contribution >= 0.6 is 0 Å². The Morgan fingerprint density at radius 1 is 0.429 bits per heavy atom. The molecule has 0 aromatic heterocycles. The van der Waals surface area contributed by atoms with E-state index in [0.29, 0.717) is 0 Å². The summed E-state index contributed by atoms with van der Waals surface area (Å²) >= 11 is 0. The Bertz CT molecular complexity index is 228. The molecule has 0 bridgehead atoms. The molecule has 0 N–H and O–H groups in total. The van der Waals surface area contributed by atoms with E-state index >= 15 is 0 Å². The molecule has 0 fully saturated rings. The average molecular weight is 188 g/mol. The second kappa shape index (κ2) is 8.55. The summed E-state index contributed by atoms with van der Waals surface area (Å²) in [5.41, 5.74) is 0. The summed E-state index contributed by atoms with van der Waals surface area (Å²) in [6.07, 6.45) is 25.0. The Labute approximate surface area is 87.7 Å². The van der Waals surface area contributed by atoms with Gasteiger partial charge in [-0.2, -0.15) is 0 Å². The zero-order valence-electron chi connectivity index (χ0n) is 8.86. The van der Waals surface area contributed by atoms with Gasteiger partial charge in [0, 0.05) is 0 Å². The molecule has 0 unspecified atom stereocenters. The van der Waals surface area contributed by atoms with Gasteiger partial charge in [-0.25, -0.2) is 0 Å². The lowest BCUT2D eigenvalue weighted by atomic mass is 10.1. The summed E-state index contributed by atoms with van der Waals surface area (Å²) in [7, 11) is 0. The molecule has 0 amide bonds. The minimum atomic E-state index is 1.16. The second-order valence-electron chi connectivity index (χ2n) is 3.57. The van der Waals surface area contributed by atoms with Gasteiger partial charge in [-0.15, -0.1) is 0 Å². The highest BCUT2D eigenvalue weighted by atomic mass is 13.9. The number of hydrogen-bond donors (Lipinski definition) is 0. The molecule has 0 spiro atoms. The van der Waals surface area contributed by atoms with Gasteiger partial charge in [-0.3, -0.25) is 0 Å². The molecule has 0 radical (unpaired) electrons. The number of allylic oxidation sites excluding steroid dienone is 8. The SMILES string of the molecule is C1=C\CC/C=C/CCCC/C=C/C=C/1. The van der Waals surface area contributed by atoms with Crippen LogP contribution in [0.4, 0.5) is 0 Å². The largest absolute Gasteiger partial charge is 0.0885 e. The van der Waals surface area contributed by atoms with Gasteiger partial charge in [-0.05, 0) is 38.5 Å². The van der Waals surface area contributed by atoms with Crippen molar-refractivity contribution >= 4 is 0 Å². The lowest BCUT2D eigenvalue weighted by Crippen LogP contribution is -1.73. The monoisotopic (exact) mass is 188 g/mol. The summed E-state index contributed by atoms with van der Waals surface area (Å²) in [4.78, 5) is 0. The van der Waals surface area contributed by atoms with Crippen LogP contribution in [0.3, 0.4) is 0 Å². The first-order valence-electron chi connectivity index (χ1n) is 5.63. The number of hydrogen-bond acceptors (Lipinski definition) is 0. The first kappa shape index (κ1) is 11.0. The van der Waals surface area contributed by atoms with Gasteiger partial charge >= 0.3 is 0 Å². The van der Waals surface area contributed by atoms with Crippen molar-refractivity contribution < 1.29 is 0 Å². The van der Waals surface area contributed by atoms with Crippen molar-refractivity contribution in [2.45, 2.75) is 38.5 Å². The molecule has 0 heterocycles. The van der Waals surface area contributed by atoms with Crippen LogP contribution in [0.1, 0.15) is 38.5 Å². The van der Waals surface area contributed by atoms with Crippen molar-refractivity contribution in [1.82, 2.24) is 0 Å². The normalized spacial score (nSPS) is 28.6. The van der Waals surface area contributed by atoms with Crippen LogP contribution in [-0.2, 0) is 0 Å². The molecule has 0 atom stereocenters. The highest BCUT2D eigenvalue weighted by Gasteiger charge is 1.83. The highest BCUT2D eigenvalue weighted by molar-refractivity contribution is 5.11. The molecule has 0 aliphatic heterocycles. The van der Waals surface area contributed by atoms with E-state index in [1.165, 1.54) is 32.1 Å². The van der Waals surface area contributed by atoms with E-state index in [4.69, 9.17) is 0 Å². The Kier molecular flexibility index (Phi) is 6.74. The average Bonchev–Trinajstić information content (AvgIpc) is 2.22. The Balaban J connectivity index is 2.35. The van der Waals surface area contributed by atoms with Gasteiger partial charge in [0.15, 0.2) is 0 Å². The van der Waals surface area contributed by atoms with Gasteiger partial charge in [0.05, 0.1) is 0 Å². The molecule has 0 heteroatoms. The van der Waals surface area contributed by atoms with Crippen LogP contribution in [0.25, 0.3) is 0 Å². The number of rotatable bonds is 0. The van der Waals surface area contributed by atoms with Crippen LogP contribution in [0.2, 0.25) is 0 Å². The first-order chi connectivity index (χ1) is 7.00. The molecule has 1 rings (SSSR count). The summed E-state index contributed by atoms with van der Waals surface area (Å²) in [6, 6.07) is 0. The molecule has 1 aliphatic carbocycles. The molecule has 0 aromatic carbocycles. The zero-order chi connectivity index (χ0) is 9.90. The van der Waals surface area contributed by atoms with Crippen molar-refractivity contribution in [2.24, 2.45) is 0 Å². The predicted molar refractivity (Wildman–Crippen MR) is 64.3 cm³/mol. The van der Waals surface area contributed by atoms with E-state index in [0.717, 1.165) is 6.42 Å². The fraction of sp³-hybridized carbons (Fsp3) is 0.429. The minimum Gasteiger partial charge on any atom is -0.0885 e. The molecule has 76 valence electrons. The molecule has 0 saturated carbocycles. The van der Waals surface area contributed by atoms with Crippen LogP contribution in [0.15, 0.2) is 48.6 Å². The molecule has 0 aromatic rings. The lowest BCUT2D eigenvalue weighted by molar-refractivity contribution is 0.760. The van der Waals surface area contributed by atoms with E-state index in [-0.39, 0.29) is 0 Å². The Hall–Kier alpha value is -1.04. The smallest absolute Gasteiger partial charge is 0.0313 e. The van der Waals surface area contributed by atoms with Gasteiger partial charge in [0.1, 0.15) is 0 Å². The molecule has 14 heavy (non-hydrogen) atoms. The fourth-order valence-corrected chi connectivity index (χ4v) is 1.43. The highest BCUT2D eigenvalue weighted by Crippen LogP contribution is 2.03. The summed E-state index contributed by atoms with van der Waals surface area (Å²) in [5, 5.41) is 0. The van der Waals surface area contributed by atoms with E-state index in [1.807, 2.05) is 0 Å². The van der Waals surface area contributed by atoms with Gasteiger partial charge < -0.3 is 0 Å². The molecule has 1 aliphatic rings. The maximum atomic E-state index is 2.32. The molecule has 0 saturated heterocycles. The topological polar surface area (TPSA) is 0 Å². The summed E-state index contributed by atoms with van der Waals surface area (Å²) in [5.74, 6) is 0. The summed E-state index contributed by atoms with van der Waals surface area (Å²) in [6.45, 7) is 0. The van der Waals surface area contributed by atoms with Crippen LogP contribution in [0, 0.1) is 0 Å². The van der Waals surface area contributed by atoms with Crippen LogP contribution in [0.5, 0.6) is 0 Å². The maximum absolute atomic E-state index is 2.32. The zero-order valence-corrected chi connectivity index (χ0v) is 8.86. The third-order valence-corrected chi connectivity index (χ3v) is 2.26. The first-order valence-corrected chi connectivity index (χ1v) is 5.63. The van der Waals surface area contributed by atoms with Crippen LogP contribution in [-0.4, -0.2) is 0 Å². The third kappa shape index (κ3) is 6.47. The van der Waals surface area contributed by atoms with E-state index < -0.39 is 0 Å². The van der Waals surface area contributed by atoms with Crippen molar-refractivity contribution in [3.63, 3.8) is 0 Å². The standard InChI is InChI=1S/C14H20/c1-2-4-6-8-10-12-14-13-11-9-7-5-3-1/h1-6,11,13H,7-10,12,14H2/b2-1+,5-3-,6-4+,13-11+. The molecular weight excluding hydrogens is 168 g/mol. The van der Waals surface area contributed by atoms with E-state index in [2.05, 4.69) is 48.6 Å². The van der Waals surface area contributed by atoms with Crippen molar-refractivity contribution in [1.29, 1.82) is 0 Å². The predicted octanol–water partition coefficient (Wildman–Crippen LogP) is 4.57. The maximum Gasteiger partial charge on any atom is -0.0313 e. The molecular formula is C14H20. The second-order valence-corrected chi connectivity index (χ2v) is 3.57. The van der Waals surface area contributed by atoms with Crippen molar-refractivity contribution in [2.75, 3.05) is 0 Å². The van der Waals surface area contributed by atoms with Gasteiger partial charge in [0.2, 0.25) is 0 Å². The minimum absolute atomic E-state index is 1.16. The van der Waals surface area contributed by atoms with Crippen molar-refractivity contribution in [3.05, 3.63) is 48.6 Å². The molecule has 0 nitrogen and oxygen atoms in total. The van der Waals surface area contributed by atoms with E-state index in [9.17, 15) is 0 Å². The van der Waals surface area contributed by atoms with Gasteiger partial charge in [0.25, 0.3) is 0 Å². The van der Waals surface area contributed by atoms with E-state index in [1.54, 1.807) is 0 Å². The third-order valence-electron chi connectivity index (χ3n) is 2.26. The van der Waals surface area contributed by atoms with Crippen LogP contribution < -0.4 is 0 Å². The lowest BCUT2D eigenvalue weighted by Gasteiger charge is -1.93. The Morgan fingerprint density at radius 3 is 1.71 bits per heavy atom. The van der Waals surface area contributed by atoms with Crippen molar-refractivity contribution in [3.8, 4) is 0 Å². The Morgan fingerprint density at radius 2 is 0.929 bits per heavy atom. The fourth-order valence-electron chi connectivity index (χ4n) is 1.43. The van der Waals surface area contributed by atoms with Gasteiger partial charge in [-0.1, -0.05) is 48.6 Å². The summed E-state index contributed by atoms with van der Waals surface area (Å²) < 4.78 is 0. The quantitative estimate of drug-likeness (QED) is 0.489.